The quantitative estimate of drug-likeness (QED) is 0.702. The first-order chi connectivity index (χ1) is 12.1. The van der Waals surface area contributed by atoms with Gasteiger partial charge in [-0.1, -0.05) is 47.3 Å². The Kier molecular flexibility index (Phi) is 4.32. The van der Waals surface area contributed by atoms with Gasteiger partial charge in [-0.3, -0.25) is 4.79 Å². The summed E-state index contributed by atoms with van der Waals surface area (Å²) in [5.41, 5.74) is 3.08. The number of carbonyl (C=O) groups is 1. The molecule has 25 heavy (non-hydrogen) atoms. The number of benzene rings is 2. The Morgan fingerprint density at radius 2 is 1.80 bits per heavy atom. The fourth-order valence-electron chi connectivity index (χ4n) is 4.39. The van der Waals surface area contributed by atoms with Gasteiger partial charge in [0.15, 0.2) is 0 Å². The summed E-state index contributed by atoms with van der Waals surface area (Å²) < 4.78 is 6.30. The molecule has 1 aliphatic heterocycles. The third kappa shape index (κ3) is 2.77. The maximum atomic E-state index is 13.2. The van der Waals surface area contributed by atoms with Gasteiger partial charge in [-0.25, -0.2) is 0 Å². The Morgan fingerprint density at radius 3 is 2.48 bits per heavy atom. The minimum atomic E-state index is -0.144. The van der Waals surface area contributed by atoms with Crippen molar-refractivity contribution in [1.82, 2.24) is 4.90 Å². The Morgan fingerprint density at radius 1 is 1.08 bits per heavy atom. The van der Waals surface area contributed by atoms with Crippen molar-refractivity contribution in [2.45, 2.75) is 44.2 Å². The van der Waals surface area contributed by atoms with Crippen LogP contribution in [0.1, 0.15) is 53.6 Å². The molecule has 1 saturated carbocycles. The van der Waals surface area contributed by atoms with Gasteiger partial charge in [0.1, 0.15) is 5.75 Å². The predicted octanol–water partition coefficient (Wildman–Crippen LogP) is 5.27. The average Bonchev–Trinajstić information content (AvgIpc) is 2.85. The fraction of sp³-hybridized carbons (Fsp3) is 0.381. The van der Waals surface area contributed by atoms with Crippen molar-refractivity contribution in [3.8, 4) is 5.75 Å². The van der Waals surface area contributed by atoms with Crippen molar-refractivity contribution in [3.05, 3.63) is 63.6 Å². The van der Waals surface area contributed by atoms with Gasteiger partial charge in [0.25, 0.3) is 5.91 Å². The van der Waals surface area contributed by atoms with Gasteiger partial charge in [-0.05, 0) is 54.3 Å². The zero-order valence-corrected chi connectivity index (χ0v) is 16.0. The molecule has 2 aromatic rings. The van der Waals surface area contributed by atoms with E-state index in [9.17, 15) is 4.79 Å². The van der Waals surface area contributed by atoms with Crippen LogP contribution >= 0.6 is 15.9 Å². The first-order valence-corrected chi connectivity index (χ1v) is 9.68. The van der Waals surface area contributed by atoms with Crippen LogP contribution in [0.2, 0.25) is 0 Å². The lowest BCUT2D eigenvalue weighted by atomic mass is 9.76. The first kappa shape index (κ1) is 16.6. The summed E-state index contributed by atoms with van der Waals surface area (Å²) in [4.78, 5) is 15.3. The molecule has 1 spiro atoms. The number of hydrogen-bond donors (Lipinski definition) is 0. The molecule has 1 aliphatic carbocycles. The first-order valence-electron chi connectivity index (χ1n) is 8.89. The predicted molar refractivity (Wildman–Crippen MR) is 102 cm³/mol. The van der Waals surface area contributed by atoms with Crippen LogP contribution in [0, 0.1) is 0 Å². The zero-order chi connectivity index (χ0) is 17.4. The molecule has 0 N–H and O–H groups in total. The van der Waals surface area contributed by atoms with E-state index in [4.69, 9.17) is 4.74 Å². The van der Waals surface area contributed by atoms with Gasteiger partial charge < -0.3 is 9.64 Å². The number of rotatable bonds is 3. The number of ether oxygens (including phenoxy) is 1. The smallest absolute Gasteiger partial charge is 0.255 e. The van der Waals surface area contributed by atoms with Crippen LogP contribution in [-0.4, -0.2) is 17.9 Å². The highest BCUT2D eigenvalue weighted by Gasteiger charge is 2.49. The molecule has 2 aliphatic rings. The minimum absolute atomic E-state index is 0.144. The summed E-state index contributed by atoms with van der Waals surface area (Å²) in [5, 5.41) is 0. The van der Waals surface area contributed by atoms with E-state index in [1.54, 1.807) is 7.11 Å². The molecule has 4 rings (SSSR count). The Labute approximate surface area is 157 Å². The highest BCUT2D eigenvalue weighted by atomic mass is 79.9. The normalized spacial score (nSPS) is 18.5. The van der Waals surface area contributed by atoms with E-state index in [-0.39, 0.29) is 11.4 Å². The van der Waals surface area contributed by atoms with Crippen molar-refractivity contribution in [2.24, 2.45) is 0 Å². The molecule has 0 aromatic heterocycles. The second-order valence-electron chi connectivity index (χ2n) is 7.02. The molecule has 0 saturated heterocycles. The number of amides is 1. The van der Waals surface area contributed by atoms with Crippen molar-refractivity contribution in [3.63, 3.8) is 0 Å². The summed E-state index contributed by atoms with van der Waals surface area (Å²) in [6.07, 6.45) is 5.73. The second kappa shape index (κ2) is 6.49. The summed E-state index contributed by atoms with van der Waals surface area (Å²) in [6, 6.07) is 14.2. The van der Waals surface area contributed by atoms with Crippen LogP contribution in [0.5, 0.6) is 5.75 Å². The van der Waals surface area contributed by atoms with E-state index >= 15 is 0 Å². The summed E-state index contributed by atoms with van der Waals surface area (Å²) in [5.74, 6) is 1.01. The molecule has 0 unspecified atom stereocenters. The number of nitrogens with zero attached hydrogens (tertiary/aromatic N) is 1. The van der Waals surface area contributed by atoms with Gasteiger partial charge >= 0.3 is 0 Å². The Hall–Kier alpha value is -1.81. The largest absolute Gasteiger partial charge is 0.497 e. The zero-order valence-electron chi connectivity index (χ0n) is 14.4. The molecule has 1 heterocycles. The average molecular weight is 400 g/mol. The minimum Gasteiger partial charge on any atom is -0.497 e. The third-order valence-electron chi connectivity index (χ3n) is 5.66. The lowest BCUT2D eigenvalue weighted by Gasteiger charge is -2.42. The van der Waals surface area contributed by atoms with Gasteiger partial charge in [-0.2, -0.15) is 0 Å². The maximum absolute atomic E-state index is 13.2. The molecule has 1 fully saturated rings. The lowest BCUT2D eigenvalue weighted by Crippen LogP contribution is -2.44. The van der Waals surface area contributed by atoms with Crippen molar-refractivity contribution in [1.29, 1.82) is 0 Å². The van der Waals surface area contributed by atoms with E-state index < -0.39 is 0 Å². The SMILES string of the molecule is COc1ccc(CN2C(=O)c3ccc(Br)cc3C23CCCCC3)cc1. The molecule has 130 valence electrons. The highest BCUT2D eigenvalue weighted by Crippen LogP contribution is 2.49. The van der Waals surface area contributed by atoms with Crippen LogP contribution in [0.4, 0.5) is 0 Å². The third-order valence-corrected chi connectivity index (χ3v) is 6.15. The van der Waals surface area contributed by atoms with Gasteiger partial charge in [0.2, 0.25) is 0 Å². The second-order valence-corrected chi connectivity index (χ2v) is 7.94. The summed E-state index contributed by atoms with van der Waals surface area (Å²) >= 11 is 3.59. The fourth-order valence-corrected chi connectivity index (χ4v) is 4.75. The van der Waals surface area contributed by atoms with Crippen LogP contribution in [0.3, 0.4) is 0 Å². The van der Waals surface area contributed by atoms with Crippen LogP contribution in [0.15, 0.2) is 46.9 Å². The number of fused-ring (bicyclic) bond motifs is 2. The van der Waals surface area contributed by atoms with Crippen LogP contribution in [0.25, 0.3) is 0 Å². The van der Waals surface area contributed by atoms with E-state index in [1.165, 1.54) is 24.8 Å². The molecule has 0 atom stereocenters. The molecular formula is C21H22BrNO2. The van der Waals surface area contributed by atoms with Gasteiger partial charge in [0.05, 0.1) is 12.6 Å². The van der Waals surface area contributed by atoms with E-state index in [2.05, 4.69) is 39.0 Å². The van der Waals surface area contributed by atoms with Crippen molar-refractivity contribution >= 4 is 21.8 Å². The summed E-state index contributed by atoms with van der Waals surface area (Å²) in [7, 11) is 1.67. The molecular weight excluding hydrogens is 378 g/mol. The van der Waals surface area contributed by atoms with E-state index in [0.717, 1.165) is 34.2 Å². The molecule has 0 radical (unpaired) electrons. The standard InChI is InChI=1S/C21H22BrNO2/c1-25-17-8-5-15(6-9-17)14-23-20(24)18-10-7-16(22)13-19(18)21(23)11-3-2-4-12-21/h5-10,13H,2-4,11-12,14H2,1H3. The van der Waals surface area contributed by atoms with Crippen LogP contribution in [-0.2, 0) is 12.1 Å². The highest BCUT2D eigenvalue weighted by molar-refractivity contribution is 9.10. The Bertz CT molecular complexity index is 794. The topological polar surface area (TPSA) is 29.5 Å². The van der Waals surface area contributed by atoms with Gasteiger partial charge in [0, 0.05) is 16.6 Å². The van der Waals surface area contributed by atoms with Crippen LogP contribution < -0.4 is 4.74 Å². The number of methoxy groups -OCH3 is 1. The molecule has 3 nitrogen and oxygen atoms in total. The number of halogens is 1. The Balaban J connectivity index is 1.73. The summed E-state index contributed by atoms with van der Waals surface area (Å²) in [6.45, 7) is 0.648. The van der Waals surface area contributed by atoms with Crippen molar-refractivity contribution in [2.75, 3.05) is 7.11 Å². The number of carbonyl (C=O) groups excluding carboxylic acids is 1. The number of hydrogen-bond acceptors (Lipinski definition) is 2. The molecule has 4 heteroatoms. The molecule has 0 bridgehead atoms. The molecule has 1 amide bonds. The maximum Gasteiger partial charge on any atom is 0.255 e. The monoisotopic (exact) mass is 399 g/mol. The van der Waals surface area contributed by atoms with Crippen molar-refractivity contribution < 1.29 is 9.53 Å². The van der Waals surface area contributed by atoms with E-state index in [0.29, 0.717) is 6.54 Å². The van der Waals surface area contributed by atoms with Gasteiger partial charge in [-0.15, -0.1) is 0 Å². The van der Waals surface area contributed by atoms with E-state index in [1.807, 2.05) is 24.3 Å². The lowest BCUT2D eigenvalue weighted by molar-refractivity contribution is 0.0387. The molecule has 2 aromatic carbocycles.